The van der Waals surface area contributed by atoms with Gasteiger partial charge in [0.15, 0.2) is 0 Å². The van der Waals surface area contributed by atoms with Gasteiger partial charge in [-0.2, -0.15) is 0 Å². The van der Waals surface area contributed by atoms with E-state index in [-0.39, 0.29) is 5.91 Å². The highest BCUT2D eigenvalue weighted by molar-refractivity contribution is 6.02. The van der Waals surface area contributed by atoms with Gasteiger partial charge in [-0.15, -0.1) is 0 Å². The van der Waals surface area contributed by atoms with Gasteiger partial charge in [-0.1, -0.05) is 12.5 Å². The number of carbonyl (C=O) groups excluding carboxylic acids is 1. The van der Waals surface area contributed by atoms with Crippen molar-refractivity contribution in [2.24, 2.45) is 5.73 Å². The summed E-state index contributed by atoms with van der Waals surface area (Å²) in [7, 11) is 0. The Kier molecular flexibility index (Phi) is 2.96. The number of hydrogen-bond donors (Lipinski definition) is 2. The summed E-state index contributed by atoms with van der Waals surface area (Å²) in [5.41, 5.74) is 7.42. The molecule has 1 saturated carbocycles. The van der Waals surface area contributed by atoms with Gasteiger partial charge in [0.25, 0.3) is 0 Å². The summed E-state index contributed by atoms with van der Waals surface area (Å²) in [6, 6.07) is 5.14. The van der Waals surface area contributed by atoms with Gasteiger partial charge in [0.1, 0.15) is 11.8 Å². The van der Waals surface area contributed by atoms with Crippen molar-refractivity contribution in [3.8, 4) is 5.75 Å². The van der Waals surface area contributed by atoms with Gasteiger partial charge in [-0.25, -0.2) is 0 Å². The van der Waals surface area contributed by atoms with Crippen LogP contribution in [0.2, 0.25) is 0 Å². The third kappa shape index (κ3) is 2.08. The molecule has 0 radical (unpaired) electrons. The van der Waals surface area contributed by atoms with Crippen LogP contribution in [0.3, 0.4) is 0 Å². The van der Waals surface area contributed by atoms with E-state index >= 15 is 0 Å². The molecular formula is C14H18N2O2. The summed E-state index contributed by atoms with van der Waals surface area (Å²) < 4.78 is 5.96. The SMILES string of the molecule is NC1C(=O)Nc2cc(OC3CCCCC3)ccc21. The van der Waals surface area contributed by atoms with Crippen LogP contribution in [0.25, 0.3) is 0 Å². The second kappa shape index (κ2) is 4.61. The van der Waals surface area contributed by atoms with Gasteiger partial charge in [0, 0.05) is 17.3 Å². The van der Waals surface area contributed by atoms with Crippen LogP contribution in [-0.4, -0.2) is 12.0 Å². The summed E-state index contributed by atoms with van der Waals surface area (Å²) >= 11 is 0. The summed E-state index contributed by atoms with van der Waals surface area (Å²) in [6.07, 6.45) is 6.39. The minimum absolute atomic E-state index is 0.139. The molecule has 1 atom stereocenters. The molecule has 1 aromatic rings. The van der Waals surface area contributed by atoms with Crippen LogP contribution in [0.4, 0.5) is 5.69 Å². The molecule has 0 bridgehead atoms. The summed E-state index contributed by atoms with van der Waals surface area (Å²) in [6.45, 7) is 0. The predicted octanol–water partition coefficient (Wildman–Crippen LogP) is 2.35. The standard InChI is InChI=1S/C14H18N2O2/c15-13-11-7-6-10(8-12(11)16-14(13)17)18-9-4-2-1-3-5-9/h6-9,13H,1-5,15H2,(H,16,17). The summed E-state index contributed by atoms with van der Waals surface area (Å²) in [4.78, 5) is 11.5. The molecule has 1 aromatic carbocycles. The van der Waals surface area contributed by atoms with Crippen molar-refractivity contribution in [1.29, 1.82) is 0 Å². The Morgan fingerprint density at radius 2 is 2.00 bits per heavy atom. The molecule has 4 heteroatoms. The van der Waals surface area contributed by atoms with Crippen LogP contribution in [0.15, 0.2) is 18.2 Å². The van der Waals surface area contributed by atoms with Crippen molar-refractivity contribution in [3.63, 3.8) is 0 Å². The van der Waals surface area contributed by atoms with Gasteiger partial charge in [0.05, 0.1) is 6.10 Å². The lowest BCUT2D eigenvalue weighted by Gasteiger charge is -2.23. The number of anilines is 1. The van der Waals surface area contributed by atoms with Crippen LogP contribution < -0.4 is 15.8 Å². The molecule has 1 fully saturated rings. The molecular weight excluding hydrogens is 228 g/mol. The number of nitrogens with two attached hydrogens (primary N) is 1. The fourth-order valence-corrected chi connectivity index (χ4v) is 2.72. The van der Waals surface area contributed by atoms with Gasteiger partial charge in [-0.05, 0) is 31.7 Å². The van der Waals surface area contributed by atoms with Gasteiger partial charge >= 0.3 is 0 Å². The number of nitrogens with one attached hydrogen (secondary N) is 1. The first-order valence-corrected chi connectivity index (χ1v) is 6.61. The highest BCUT2D eigenvalue weighted by Crippen LogP contribution is 2.33. The first-order chi connectivity index (χ1) is 8.74. The summed E-state index contributed by atoms with van der Waals surface area (Å²) in [5.74, 6) is 0.690. The normalized spacial score (nSPS) is 23.6. The maximum atomic E-state index is 11.5. The molecule has 18 heavy (non-hydrogen) atoms. The third-order valence-electron chi connectivity index (χ3n) is 3.76. The van der Waals surface area contributed by atoms with E-state index in [1.54, 1.807) is 0 Å². The van der Waals surface area contributed by atoms with Crippen molar-refractivity contribution in [1.82, 2.24) is 0 Å². The van der Waals surface area contributed by atoms with Crippen molar-refractivity contribution in [3.05, 3.63) is 23.8 Å². The van der Waals surface area contributed by atoms with E-state index in [1.165, 1.54) is 19.3 Å². The molecule has 1 aliphatic carbocycles. The third-order valence-corrected chi connectivity index (χ3v) is 3.76. The second-order valence-corrected chi connectivity index (χ2v) is 5.09. The zero-order chi connectivity index (χ0) is 12.5. The van der Waals surface area contributed by atoms with Crippen LogP contribution in [0.1, 0.15) is 43.7 Å². The predicted molar refractivity (Wildman–Crippen MR) is 69.5 cm³/mol. The van der Waals surface area contributed by atoms with Crippen molar-refractivity contribution in [2.75, 3.05) is 5.32 Å². The zero-order valence-corrected chi connectivity index (χ0v) is 10.3. The number of fused-ring (bicyclic) bond motifs is 1. The number of rotatable bonds is 2. The molecule has 4 nitrogen and oxygen atoms in total. The van der Waals surface area contributed by atoms with E-state index in [9.17, 15) is 4.79 Å². The van der Waals surface area contributed by atoms with Crippen molar-refractivity contribution >= 4 is 11.6 Å². The largest absolute Gasteiger partial charge is 0.490 e. The van der Waals surface area contributed by atoms with E-state index in [0.29, 0.717) is 6.10 Å². The van der Waals surface area contributed by atoms with Crippen molar-refractivity contribution in [2.45, 2.75) is 44.2 Å². The van der Waals surface area contributed by atoms with Crippen LogP contribution in [0, 0.1) is 0 Å². The summed E-state index contributed by atoms with van der Waals surface area (Å²) in [5, 5.41) is 2.78. The van der Waals surface area contributed by atoms with Gasteiger partial charge < -0.3 is 15.8 Å². The molecule has 96 valence electrons. The molecule has 3 rings (SSSR count). The number of ether oxygens (including phenoxy) is 1. The number of carbonyl (C=O) groups is 1. The average molecular weight is 246 g/mol. The highest BCUT2D eigenvalue weighted by Gasteiger charge is 2.27. The Bertz CT molecular complexity index is 467. The zero-order valence-electron chi connectivity index (χ0n) is 10.3. The number of amides is 1. The fourth-order valence-electron chi connectivity index (χ4n) is 2.72. The fraction of sp³-hybridized carbons (Fsp3) is 0.500. The minimum Gasteiger partial charge on any atom is -0.490 e. The molecule has 1 amide bonds. The Morgan fingerprint density at radius 1 is 1.22 bits per heavy atom. The van der Waals surface area contributed by atoms with Crippen LogP contribution in [0.5, 0.6) is 5.75 Å². The molecule has 1 unspecified atom stereocenters. The van der Waals surface area contributed by atoms with E-state index < -0.39 is 6.04 Å². The van der Waals surface area contributed by atoms with Gasteiger partial charge in [0.2, 0.25) is 5.91 Å². The molecule has 3 N–H and O–H groups in total. The first kappa shape index (κ1) is 11.5. The molecule has 0 spiro atoms. The highest BCUT2D eigenvalue weighted by atomic mass is 16.5. The lowest BCUT2D eigenvalue weighted by molar-refractivity contribution is -0.116. The monoisotopic (exact) mass is 246 g/mol. The van der Waals surface area contributed by atoms with E-state index in [1.807, 2.05) is 18.2 Å². The van der Waals surface area contributed by atoms with Crippen LogP contribution in [-0.2, 0) is 4.79 Å². The lowest BCUT2D eigenvalue weighted by Crippen LogP contribution is -2.19. The Hall–Kier alpha value is -1.55. The quantitative estimate of drug-likeness (QED) is 0.842. The minimum atomic E-state index is -0.538. The molecule has 0 saturated heterocycles. The van der Waals surface area contributed by atoms with Crippen molar-refractivity contribution < 1.29 is 9.53 Å². The maximum absolute atomic E-state index is 11.5. The van der Waals surface area contributed by atoms with E-state index in [4.69, 9.17) is 10.5 Å². The molecule has 1 heterocycles. The first-order valence-electron chi connectivity index (χ1n) is 6.61. The average Bonchev–Trinajstić information content (AvgIpc) is 2.66. The van der Waals surface area contributed by atoms with E-state index in [2.05, 4.69) is 5.32 Å². The molecule has 2 aliphatic rings. The van der Waals surface area contributed by atoms with E-state index in [0.717, 1.165) is 29.8 Å². The number of hydrogen-bond acceptors (Lipinski definition) is 3. The van der Waals surface area contributed by atoms with Gasteiger partial charge in [-0.3, -0.25) is 4.79 Å². The number of benzene rings is 1. The maximum Gasteiger partial charge on any atom is 0.245 e. The topological polar surface area (TPSA) is 64.4 Å². The Morgan fingerprint density at radius 3 is 2.78 bits per heavy atom. The Labute approximate surface area is 107 Å². The molecule has 0 aromatic heterocycles. The molecule has 1 aliphatic heterocycles. The Balaban J connectivity index is 1.75. The van der Waals surface area contributed by atoms with Crippen LogP contribution >= 0.6 is 0 Å². The lowest BCUT2D eigenvalue weighted by atomic mass is 9.98. The second-order valence-electron chi connectivity index (χ2n) is 5.09. The smallest absolute Gasteiger partial charge is 0.245 e.